The molecular formula is C18H25N3. The van der Waals surface area contributed by atoms with Gasteiger partial charge in [-0.2, -0.15) is 0 Å². The lowest BCUT2D eigenvalue weighted by atomic mass is 9.99. The number of benzene rings is 1. The van der Waals surface area contributed by atoms with Crippen LogP contribution in [0, 0.1) is 0 Å². The molecule has 3 nitrogen and oxygen atoms in total. The van der Waals surface area contributed by atoms with Crippen molar-refractivity contribution >= 4 is 5.82 Å². The zero-order valence-corrected chi connectivity index (χ0v) is 12.8. The Bertz CT molecular complexity index is 525. The third-order valence-electron chi connectivity index (χ3n) is 3.65. The van der Waals surface area contributed by atoms with Gasteiger partial charge in [-0.25, -0.2) is 4.98 Å². The fourth-order valence-corrected chi connectivity index (χ4v) is 2.55. The van der Waals surface area contributed by atoms with E-state index in [0.29, 0.717) is 11.9 Å². The third-order valence-corrected chi connectivity index (χ3v) is 3.65. The van der Waals surface area contributed by atoms with Crippen LogP contribution in [-0.4, -0.2) is 11.5 Å². The summed E-state index contributed by atoms with van der Waals surface area (Å²) < 4.78 is 0. The van der Waals surface area contributed by atoms with Crippen molar-refractivity contribution in [3.63, 3.8) is 0 Å². The molecular weight excluding hydrogens is 258 g/mol. The topological polar surface area (TPSA) is 50.9 Å². The van der Waals surface area contributed by atoms with E-state index in [1.165, 1.54) is 11.1 Å². The summed E-state index contributed by atoms with van der Waals surface area (Å²) in [6.07, 6.45) is 6.26. The van der Waals surface area contributed by atoms with Gasteiger partial charge in [0.25, 0.3) is 0 Å². The van der Waals surface area contributed by atoms with E-state index in [0.717, 1.165) is 32.2 Å². The zero-order chi connectivity index (χ0) is 14.9. The van der Waals surface area contributed by atoms with Crippen LogP contribution in [0.3, 0.4) is 0 Å². The Kier molecular flexibility index (Phi) is 6.22. The lowest BCUT2D eigenvalue weighted by Crippen LogP contribution is -2.22. The fourth-order valence-electron chi connectivity index (χ4n) is 2.55. The number of nitrogens with one attached hydrogen (secondary N) is 1. The largest absolute Gasteiger partial charge is 0.384 e. The van der Waals surface area contributed by atoms with Crippen LogP contribution < -0.4 is 11.1 Å². The first-order valence-corrected chi connectivity index (χ1v) is 7.78. The molecule has 0 bridgehead atoms. The van der Waals surface area contributed by atoms with E-state index >= 15 is 0 Å². The first-order chi connectivity index (χ1) is 10.3. The minimum Gasteiger partial charge on any atom is -0.384 e. The highest BCUT2D eigenvalue weighted by atomic mass is 14.9. The van der Waals surface area contributed by atoms with Gasteiger partial charge >= 0.3 is 0 Å². The summed E-state index contributed by atoms with van der Waals surface area (Å²) in [7, 11) is 0. The molecule has 0 saturated carbocycles. The molecule has 1 heterocycles. The summed E-state index contributed by atoms with van der Waals surface area (Å²) >= 11 is 0. The molecule has 0 amide bonds. The number of hydrogen-bond acceptors (Lipinski definition) is 3. The van der Waals surface area contributed by atoms with E-state index in [4.69, 9.17) is 5.73 Å². The molecule has 0 aliphatic rings. The van der Waals surface area contributed by atoms with Gasteiger partial charge in [0.2, 0.25) is 0 Å². The van der Waals surface area contributed by atoms with Gasteiger partial charge in [-0.3, -0.25) is 0 Å². The van der Waals surface area contributed by atoms with Gasteiger partial charge in [0.1, 0.15) is 5.82 Å². The molecule has 1 aromatic heterocycles. The average Bonchev–Trinajstić information content (AvgIpc) is 2.51. The second-order valence-corrected chi connectivity index (χ2v) is 5.40. The molecule has 0 aliphatic carbocycles. The Labute approximate surface area is 127 Å². The predicted octanol–water partition coefficient (Wildman–Crippen LogP) is 3.73. The van der Waals surface area contributed by atoms with Crippen LogP contribution in [0.5, 0.6) is 0 Å². The molecule has 0 fully saturated rings. The molecule has 1 aromatic carbocycles. The van der Waals surface area contributed by atoms with Crippen molar-refractivity contribution in [1.29, 1.82) is 0 Å². The van der Waals surface area contributed by atoms with Crippen LogP contribution in [0.15, 0.2) is 48.7 Å². The average molecular weight is 283 g/mol. The maximum absolute atomic E-state index is 5.72. The van der Waals surface area contributed by atoms with Crippen LogP contribution >= 0.6 is 0 Å². The van der Waals surface area contributed by atoms with Crippen LogP contribution in [0.2, 0.25) is 0 Å². The van der Waals surface area contributed by atoms with Crippen molar-refractivity contribution in [3.8, 4) is 0 Å². The van der Waals surface area contributed by atoms with Crippen LogP contribution in [-0.2, 0) is 6.42 Å². The maximum Gasteiger partial charge on any atom is 0.123 e. The number of aromatic nitrogens is 1. The van der Waals surface area contributed by atoms with Gasteiger partial charge in [0.15, 0.2) is 0 Å². The summed E-state index contributed by atoms with van der Waals surface area (Å²) in [4.78, 5) is 4.04. The molecule has 3 N–H and O–H groups in total. The van der Waals surface area contributed by atoms with E-state index in [2.05, 4.69) is 47.6 Å². The molecule has 0 radical (unpaired) electrons. The number of nitrogens with zero attached hydrogens (tertiary/aromatic N) is 1. The van der Waals surface area contributed by atoms with Gasteiger partial charge in [-0.1, -0.05) is 37.3 Å². The SMILES string of the molecule is CCCNC(CCCc1ccnc(N)c1)c1ccccc1. The van der Waals surface area contributed by atoms with E-state index in [1.807, 2.05) is 12.1 Å². The summed E-state index contributed by atoms with van der Waals surface area (Å²) in [6, 6.07) is 15.2. The Balaban J connectivity index is 1.90. The van der Waals surface area contributed by atoms with Crippen molar-refractivity contribution in [2.75, 3.05) is 12.3 Å². The molecule has 1 atom stereocenters. The number of aryl methyl sites for hydroxylation is 1. The van der Waals surface area contributed by atoms with Crippen molar-refractivity contribution in [1.82, 2.24) is 10.3 Å². The molecule has 2 rings (SSSR count). The molecule has 0 spiro atoms. The van der Waals surface area contributed by atoms with Gasteiger partial charge in [0.05, 0.1) is 0 Å². The number of nitrogens with two attached hydrogens (primary N) is 1. The monoisotopic (exact) mass is 283 g/mol. The van der Waals surface area contributed by atoms with Crippen molar-refractivity contribution < 1.29 is 0 Å². The summed E-state index contributed by atoms with van der Waals surface area (Å²) in [6.45, 7) is 3.26. The zero-order valence-electron chi connectivity index (χ0n) is 12.8. The van der Waals surface area contributed by atoms with E-state index in [-0.39, 0.29) is 0 Å². The number of hydrogen-bond donors (Lipinski definition) is 2. The highest BCUT2D eigenvalue weighted by Crippen LogP contribution is 2.20. The quantitative estimate of drug-likeness (QED) is 0.776. The maximum atomic E-state index is 5.72. The van der Waals surface area contributed by atoms with Gasteiger partial charge in [-0.15, -0.1) is 0 Å². The molecule has 0 saturated heterocycles. The lowest BCUT2D eigenvalue weighted by Gasteiger charge is -2.19. The van der Waals surface area contributed by atoms with Gasteiger partial charge in [0, 0.05) is 12.2 Å². The third kappa shape index (κ3) is 5.20. The minimum atomic E-state index is 0.435. The Hall–Kier alpha value is -1.87. The lowest BCUT2D eigenvalue weighted by molar-refractivity contribution is 0.484. The standard InChI is InChI=1S/C18H25N3/c1-2-12-20-17(16-8-4-3-5-9-16)10-6-7-15-11-13-21-18(19)14-15/h3-5,8-9,11,13-14,17,20H,2,6-7,10,12H2,1H3,(H2,19,21). The molecule has 21 heavy (non-hydrogen) atoms. The number of anilines is 1. The molecule has 3 heteroatoms. The van der Waals surface area contributed by atoms with E-state index < -0.39 is 0 Å². The fraction of sp³-hybridized carbons (Fsp3) is 0.389. The van der Waals surface area contributed by atoms with E-state index in [1.54, 1.807) is 6.20 Å². The number of rotatable bonds is 8. The summed E-state index contributed by atoms with van der Waals surface area (Å²) in [5, 5.41) is 3.65. The molecule has 112 valence electrons. The van der Waals surface area contributed by atoms with Crippen molar-refractivity contribution in [2.45, 2.75) is 38.6 Å². The Morgan fingerprint density at radius 2 is 2.00 bits per heavy atom. The second kappa shape index (κ2) is 8.42. The molecule has 0 aliphatic heterocycles. The number of pyridine rings is 1. The smallest absolute Gasteiger partial charge is 0.123 e. The van der Waals surface area contributed by atoms with Crippen molar-refractivity contribution in [3.05, 3.63) is 59.8 Å². The first-order valence-electron chi connectivity index (χ1n) is 7.78. The predicted molar refractivity (Wildman–Crippen MR) is 89.1 cm³/mol. The Morgan fingerprint density at radius 1 is 1.19 bits per heavy atom. The normalized spacial score (nSPS) is 12.2. The molecule has 2 aromatic rings. The van der Waals surface area contributed by atoms with Crippen LogP contribution in [0.1, 0.15) is 43.4 Å². The highest BCUT2D eigenvalue weighted by molar-refractivity contribution is 5.31. The number of nitrogen functional groups attached to an aromatic ring is 1. The summed E-state index contributed by atoms with van der Waals surface area (Å²) in [5.41, 5.74) is 8.37. The van der Waals surface area contributed by atoms with Crippen LogP contribution in [0.25, 0.3) is 0 Å². The van der Waals surface area contributed by atoms with Crippen molar-refractivity contribution in [2.24, 2.45) is 0 Å². The molecule has 1 unspecified atom stereocenters. The van der Waals surface area contributed by atoms with Crippen LogP contribution in [0.4, 0.5) is 5.82 Å². The Morgan fingerprint density at radius 3 is 2.71 bits per heavy atom. The minimum absolute atomic E-state index is 0.435. The van der Waals surface area contributed by atoms with Gasteiger partial charge in [-0.05, 0) is 55.5 Å². The highest BCUT2D eigenvalue weighted by Gasteiger charge is 2.09. The first kappa shape index (κ1) is 15.5. The second-order valence-electron chi connectivity index (χ2n) is 5.40. The van der Waals surface area contributed by atoms with Gasteiger partial charge < -0.3 is 11.1 Å². The van der Waals surface area contributed by atoms with E-state index in [9.17, 15) is 0 Å². The summed E-state index contributed by atoms with van der Waals surface area (Å²) in [5.74, 6) is 0.608.